The zero-order valence-corrected chi connectivity index (χ0v) is 13.9. The van der Waals surface area contributed by atoms with Crippen LogP contribution in [0.2, 0.25) is 0 Å². The lowest BCUT2D eigenvalue weighted by atomic mass is 10.2. The van der Waals surface area contributed by atoms with Gasteiger partial charge >= 0.3 is 0 Å². The number of nitrogens with zero attached hydrogens (tertiary/aromatic N) is 1. The Morgan fingerprint density at radius 1 is 1.33 bits per heavy atom. The van der Waals surface area contributed by atoms with Crippen LogP contribution in [-0.2, 0) is 9.57 Å². The summed E-state index contributed by atoms with van der Waals surface area (Å²) < 4.78 is 16.8. The maximum Gasteiger partial charge on any atom is 0.174 e. The molecule has 2 N–H and O–H groups in total. The van der Waals surface area contributed by atoms with E-state index in [9.17, 15) is 5.11 Å². The maximum atomic E-state index is 10.0. The molecule has 24 heavy (non-hydrogen) atoms. The van der Waals surface area contributed by atoms with Crippen LogP contribution in [0.3, 0.4) is 0 Å². The van der Waals surface area contributed by atoms with E-state index < -0.39 is 6.10 Å². The van der Waals surface area contributed by atoms with E-state index >= 15 is 0 Å². The van der Waals surface area contributed by atoms with E-state index in [1.54, 1.807) is 0 Å². The molecule has 0 saturated carbocycles. The van der Waals surface area contributed by atoms with Crippen LogP contribution in [0.25, 0.3) is 0 Å². The third-order valence-electron chi connectivity index (χ3n) is 4.17. The lowest BCUT2D eigenvalue weighted by Crippen LogP contribution is -3.15. The number of rotatable bonds is 6. The first-order valence-corrected chi connectivity index (χ1v) is 8.36. The van der Waals surface area contributed by atoms with Crippen molar-refractivity contribution in [1.29, 1.82) is 0 Å². The Labute approximate surface area is 141 Å². The van der Waals surface area contributed by atoms with Gasteiger partial charge in [0.2, 0.25) is 0 Å². The van der Waals surface area contributed by atoms with Crippen molar-refractivity contribution in [3.8, 4) is 11.5 Å². The minimum atomic E-state index is -0.543. The van der Waals surface area contributed by atoms with Gasteiger partial charge < -0.3 is 29.1 Å². The highest BCUT2D eigenvalue weighted by molar-refractivity contribution is 5.86. The zero-order chi connectivity index (χ0) is 16.8. The van der Waals surface area contributed by atoms with Gasteiger partial charge in [-0.05, 0) is 19.1 Å². The number of quaternary nitrogens is 1. The predicted molar refractivity (Wildman–Crippen MR) is 87.8 cm³/mol. The highest BCUT2D eigenvalue weighted by Crippen LogP contribution is 2.31. The number of oxime groups is 1. The average Bonchev–Trinajstić information content (AvgIpc) is 2.62. The van der Waals surface area contributed by atoms with Crippen molar-refractivity contribution in [1.82, 2.24) is 0 Å². The molecule has 0 radical (unpaired) electrons. The summed E-state index contributed by atoms with van der Waals surface area (Å²) in [5.74, 6) is 1.45. The third-order valence-corrected chi connectivity index (χ3v) is 4.17. The molecule has 1 fully saturated rings. The van der Waals surface area contributed by atoms with Gasteiger partial charge in [0.15, 0.2) is 17.6 Å². The van der Waals surface area contributed by atoms with Gasteiger partial charge in [0.1, 0.15) is 39.0 Å². The normalized spacial score (nSPS) is 22.9. The number of hydrogen-bond donors (Lipinski definition) is 2. The summed E-state index contributed by atoms with van der Waals surface area (Å²) in [5, 5.41) is 14.1. The molecule has 0 amide bonds. The second-order valence-electron chi connectivity index (χ2n) is 6.11. The SMILES string of the molecule is C/C(=N/OC[C@H](O)C[NH+]1CCOCC1)[C@@H]1COc2ccccc2O1. The molecule has 3 rings (SSSR count). The standard InChI is InChI=1S/C17H24N2O5/c1-13(17-12-22-15-4-2-3-5-16(15)24-17)18-23-11-14(20)10-19-6-8-21-9-7-19/h2-5,14,17,20H,6-12H2,1H3/p+1/b18-13-/t14-,17+/m1/s1. The first-order chi connectivity index (χ1) is 11.7. The molecule has 1 aromatic carbocycles. The quantitative estimate of drug-likeness (QED) is 0.541. The van der Waals surface area contributed by atoms with E-state index in [0.717, 1.165) is 32.1 Å². The summed E-state index contributed by atoms with van der Waals surface area (Å²) in [6, 6.07) is 7.55. The Balaban J connectivity index is 1.43. The summed E-state index contributed by atoms with van der Waals surface area (Å²) in [4.78, 5) is 6.63. The van der Waals surface area contributed by atoms with Crippen molar-refractivity contribution in [3.05, 3.63) is 24.3 Å². The van der Waals surface area contributed by atoms with E-state index in [2.05, 4.69) is 5.16 Å². The minimum Gasteiger partial charge on any atom is -0.485 e. The molecule has 0 spiro atoms. The Hall–Kier alpha value is -1.83. The molecule has 0 unspecified atom stereocenters. The number of aliphatic hydroxyl groups excluding tert-OH is 1. The molecule has 0 aromatic heterocycles. The lowest BCUT2D eigenvalue weighted by Gasteiger charge is -2.26. The average molecular weight is 337 g/mol. The summed E-state index contributed by atoms with van der Waals surface area (Å²) >= 11 is 0. The first kappa shape index (κ1) is 17.0. The molecule has 7 heteroatoms. The van der Waals surface area contributed by atoms with Crippen LogP contribution in [0.4, 0.5) is 0 Å². The van der Waals surface area contributed by atoms with Gasteiger partial charge in [-0.2, -0.15) is 0 Å². The fourth-order valence-corrected chi connectivity index (χ4v) is 2.77. The highest BCUT2D eigenvalue weighted by atomic mass is 16.6. The topological polar surface area (TPSA) is 74.0 Å². The van der Waals surface area contributed by atoms with Crippen molar-refractivity contribution >= 4 is 5.71 Å². The van der Waals surface area contributed by atoms with E-state index in [4.69, 9.17) is 19.0 Å². The second-order valence-corrected chi connectivity index (χ2v) is 6.11. The Bertz CT molecular complexity index is 560. The molecule has 7 nitrogen and oxygen atoms in total. The van der Waals surface area contributed by atoms with Gasteiger partial charge in [0, 0.05) is 0 Å². The molecular weight excluding hydrogens is 312 g/mol. The largest absolute Gasteiger partial charge is 0.485 e. The van der Waals surface area contributed by atoms with Gasteiger partial charge in [-0.15, -0.1) is 0 Å². The summed E-state index contributed by atoms with van der Waals surface area (Å²) in [6.45, 7) is 6.40. The summed E-state index contributed by atoms with van der Waals surface area (Å²) in [5.41, 5.74) is 0.690. The van der Waals surface area contributed by atoms with Crippen LogP contribution in [0.15, 0.2) is 29.4 Å². The highest BCUT2D eigenvalue weighted by Gasteiger charge is 2.24. The molecule has 2 atom stereocenters. The zero-order valence-electron chi connectivity index (χ0n) is 13.9. The van der Waals surface area contributed by atoms with Crippen LogP contribution < -0.4 is 14.4 Å². The van der Waals surface area contributed by atoms with Crippen LogP contribution in [0.1, 0.15) is 6.92 Å². The van der Waals surface area contributed by atoms with Crippen molar-refractivity contribution in [2.45, 2.75) is 19.1 Å². The Morgan fingerprint density at radius 3 is 2.88 bits per heavy atom. The molecular formula is C17H25N2O5+. The molecule has 0 aliphatic carbocycles. The van der Waals surface area contributed by atoms with Gasteiger partial charge in [-0.3, -0.25) is 0 Å². The fraction of sp³-hybridized carbons (Fsp3) is 0.588. The van der Waals surface area contributed by atoms with Crippen molar-refractivity contribution in [2.75, 3.05) is 46.1 Å². The van der Waals surface area contributed by atoms with Crippen LogP contribution in [-0.4, -0.2) is 69.1 Å². The molecule has 1 aromatic rings. The molecule has 2 aliphatic heterocycles. The minimum absolute atomic E-state index is 0.172. The molecule has 1 saturated heterocycles. The number of para-hydroxylation sites is 2. The maximum absolute atomic E-state index is 10.0. The lowest BCUT2D eigenvalue weighted by molar-refractivity contribution is -0.911. The number of nitrogens with one attached hydrogen (secondary N) is 1. The van der Waals surface area contributed by atoms with Gasteiger partial charge in [-0.25, -0.2) is 0 Å². The predicted octanol–water partition coefficient (Wildman–Crippen LogP) is -0.505. The number of hydrogen-bond acceptors (Lipinski definition) is 6. The van der Waals surface area contributed by atoms with Gasteiger partial charge in [0.05, 0.1) is 18.9 Å². The van der Waals surface area contributed by atoms with Crippen LogP contribution in [0, 0.1) is 0 Å². The Kier molecular flexibility index (Phi) is 5.90. The van der Waals surface area contributed by atoms with Crippen molar-refractivity contribution in [2.24, 2.45) is 5.16 Å². The van der Waals surface area contributed by atoms with Crippen molar-refractivity contribution in [3.63, 3.8) is 0 Å². The van der Waals surface area contributed by atoms with Gasteiger partial charge in [-0.1, -0.05) is 17.3 Å². The van der Waals surface area contributed by atoms with E-state index in [-0.39, 0.29) is 12.7 Å². The second kappa shape index (κ2) is 8.32. The van der Waals surface area contributed by atoms with Crippen LogP contribution in [0.5, 0.6) is 11.5 Å². The van der Waals surface area contributed by atoms with E-state index in [1.807, 2.05) is 31.2 Å². The molecule has 2 aliphatic rings. The fourth-order valence-electron chi connectivity index (χ4n) is 2.77. The number of morpholine rings is 1. The van der Waals surface area contributed by atoms with Gasteiger partial charge in [0.25, 0.3) is 0 Å². The number of fused-ring (bicyclic) bond motifs is 1. The van der Waals surface area contributed by atoms with E-state index in [1.165, 1.54) is 4.90 Å². The number of aliphatic hydroxyl groups is 1. The monoisotopic (exact) mass is 337 g/mol. The third kappa shape index (κ3) is 4.59. The Morgan fingerprint density at radius 2 is 2.08 bits per heavy atom. The smallest absolute Gasteiger partial charge is 0.174 e. The summed E-state index contributed by atoms with van der Waals surface area (Å²) in [7, 11) is 0. The van der Waals surface area contributed by atoms with Crippen molar-refractivity contribution < 1.29 is 29.1 Å². The molecule has 0 bridgehead atoms. The number of ether oxygens (including phenoxy) is 3. The summed E-state index contributed by atoms with van der Waals surface area (Å²) in [6.07, 6.45) is -0.819. The first-order valence-electron chi connectivity index (χ1n) is 8.36. The van der Waals surface area contributed by atoms with Crippen LogP contribution >= 0.6 is 0 Å². The molecule has 132 valence electrons. The number of benzene rings is 1. The molecule has 2 heterocycles. The van der Waals surface area contributed by atoms with E-state index in [0.29, 0.717) is 24.6 Å².